The highest BCUT2D eigenvalue weighted by Gasteiger charge is 2.26. The van der Waals surface area contributed by atoms with Crippen molar-refractivity contribution in [2.24, 2.45) is 5.92 Å². The van der Waals surface area contributed by atoms with E-state index < -0.39 is 0 Å². The van der Waals surface area contributed by atoms with Gasteiger partial charge in [0.05, 0.1) is 0 Å². The fourth-order valence-electron chi connectivity index (χ4n) is 3.91. The zero-order valence-corrected chi connectivity index (χ0v) is 15.8. The molecule has 1 saturated heterocycles. The number of urea groups is 1. The zero-order chi connectivity index (χ0) is 18.4. The summed E-state index contributed by atoms with van der Waals surface area (Å²) in [5, 5.41) is 3.11. The highest BCUT2D eigenvalue weighted by Crippen LogP contribution is 2.21. The smallest absolute Gasteiger partial charge is 0.317 e. The van der Waals surface area contributed by atoms with Crippen molar-refractivity contribution in [2.45, 2.75) is 51.9 Å². The Morgan fingerprint density at radius 2 is 1.62 bits per heavy atom. The third-order valence-corrected chi connectivity index (χ3v) is 5.57. The zero-order valence-electron chi connectivity index (χ0n) is 15.8. The Bertz CT molecular complexity index is 597. The van der Waals surface area contributed by atoms with Crippen LogP contribution in [0.1, 0.15) is 61.3 Å². The fraction of sp³-hybridized carbons (Fsp3) is 0.700. The van der Waals surface area contributed by atoms with E-state index in [4.69, 9.17) is 4.42 Å². The van der Waals surface area contributed by atoms with E-state index in [9.17, 15) is 9.59 Å². The first kappa shape index (κ1) is 18.8. The van der Waals surface area contributed by atoms with Gasteiger partial charge in [-0.15, -0.1) is 0 Å². The number of hydrogen-bond acceptors (Lipinski definition) is 3. The van der Waals surface area contributed by atoms with Crippen molar-refractivity contribution in [2.75, 3.05) is 32.7 Å². The molecule has 2 fully saturated rings. The maximum atomic E-state index is 12.4. The molecule has 1 aliphatic carbocycles. The van der Waals surface area contributed by atoms with Crippen LogP contribution in [-0.4, -0.2) is 54.5 Å². The average Bonchev–Trinajstić information content (AvgIpc) is 3.06. The van der Waals surface area contributed by atoms with E-state index in [1.54, 1.807) is 17.0 Å². The van der Waals surface area contributed by atoms with Gasteiger partial charge in [-0.05, 0) is 37.8 Å². The molecule has 1 aromatic heterocycles. The number of carbonyl (C=O) groups is 2. The van der Waals surface area contributed by atoms with Gasteiger partial charge in [0.15, 0.2) is 5.76 Å². The fourth-order valence-corrected chi connectivity index (χ4v) is 3.91. The molecule has 0 bridgehead atoms. The quantitative estimate of drug-likeness (QED) is 0.897. The highest BCUT2D eigenvalue weighted by atomic mass is 16.3. The molecule has 1 aliphatic heterocycles. The molecule has 3 amide bonds. The van der Waals surface area contributed by atoms with Gasteiger partial charge >= 0.3 is 6.03 Å². The van der Waals surface area contributed by atoms with Gasteiger partial charge in [0.25, 0.3) is 5.91 Å². The molecule has 3 rings (SSSR count). The maximum Gasteiger partial charge on any atom is 0.317 e. The van der Waals surface area contributed by atoms with Crippen LogP contribution < -0.4 is 5.32 Å². The predicted octanol–water partition coefficient (Wildman–Crippen LogP) is 3.42. The molecular formula is C20H31N3O3. The van der Waals surface area contributed by atoms with Crippen LogP contribution in [0.4, 0.5) is 4.79 Å². The third-order valence-electron chi connectivity index (χ3n) is 5.57. The highest BCUT2D eigenvalue weighted by molar-refractivity contribution is 5.91. The van der Waals surface area contributed by atoms with Crippen molar-refractivity contribution in [3.05, 3.63) is 23.7 Å². The lowest BCUT2D eigenvalue weighted by molar-refractivity contribution is 0.0632. The molecule has 1 aromatic rings. The second-order valence-electron chi connectivity index (χ2n) is 7.59. The van der Waals surface area contributed by atoms with Gasteiger partial charge in [-0.25, -0.2) is 4.79 Å². The average molecular weight is 361 g/mol. The van der Waals surface area contributed by atoms with Crippen LogP contribution in [0.15, 0.2) is 16.5 Å². The Morgan fingerprint density at radius 1 is 1.00 bits per heavy atom. The summed E-state index contributed by atoms with van der Waals surface area (Å²) in [6.45, 7) is 4.85. The summed E-state index contributed by atoms with van der Waals surface area (Å²) in [6, 6.07) is 3.52. The lowest BCUT2D eigenvalue weighted by Gasteiger charge is -2.34. The van der Waals surface area contributed by atoms with Gasteiger partial charge in [0.1, 0.15) is 5.76 Å². The molecule has 0 radical (unpaired) electrons. The van der Waals surface area contributed by atoms with E-state index in [0.29, 0.717) is 37.9 Å². The number of aryl methyl sites for hydroxylation is 1. The minimum atomic E-state index is -0.0901. The largest absolute Gasteiger partial charge is 0.456 e. The predicted molar refractivity (Wildman–Crippen MR) is 100 cm³/mol. The molecule has 0 unspecified atom stereocenters. The molecule has 26 heavy (non-hydrogen) atoms. The van der Waals surface area contributed by atoms with E-state index in [1.807, 2.05) is 11.8 Å². The molecule has 2 heterocycles. The molecule has 1 saturated carbocycles. The number of nitrogens with one attached hydrogen (secondary N) is 1. The molecular weight excluding hydrogens is 330 g/mol. The first-order chi connectivity index (χ1) is 12.6. The Balaban J connectivity index is 1.41. The van der Waals surface area contributed by atoms with Crippen molar-refractivity contribution in [3.8, 4) is 0 Å². The molecule has 2 aliphatic rings. The molecule has 0 spiro atoms. The van der Waals surface area contributed by atoms with Crippen molar-refractivity contribution in [1.82, 2.24) is 15.1 Å². The standard InChI is InChI=1S/C20H31N3O3/c1-16-9-10-18(26-16)19(24)22-11-13-23(14-12-22)20(25)21-15-17-7-5-3-2-4-6-8-17/h9-10,17H,2-8,11-15H2,1H3,(H,21,25). The van der Waals surface area contributed by atoms with Gasteiger partial charge in [-0.1, -0.05) is 32.1 Å². The number of piperazine rings is 1. The molecule has 0 aromatic carbocycles. The van der Waals surface area contributed by atoms with Crippen molar-refractivity contribution < 1.29 is 14.0 Å². The van der Waals surface area contributed by atoms with Gasteiger partial charge in [-0.3, -0.25) is 4.79 Å². The van der Waals surface area contributed by atoms with Crippen LogP contribution in [0, 0.1) is 12.8 Å². The van der Waals surface area contributed by atoms with Crippen LogP contribution >= 0.6 is 0 Å². The number of amides is 3. The van der Waals surface area contributed by atoms with Crippen LogP contribution in [-0.2, 0) is 0 Å². The van der Waals surface area contributed by atoms with Crippen molar-refractivity contribution in [1.29, 1.82) is 0 Å². The summed E-state index contributed by atoms with van der Waals surface area (Å²) in [5.41, 5.74) is 0. The van der Waals surface area contributed by atoms with Crippen LogP contribution in [0.2, 0.25) is 0 Å². The summed E-state index contributed by atoms with van der Waals surface area (Å²) in [6.07, 6.45) is 9.04. The van der Waals surface area contributed by atoms with Gasteiger partial charge in [0.2, 0.25) is 0 Å². The minimum Gasteiger partial charge on any atom is -0.456 e. The molecule has 144 valence electrons. The van der Waals surface area contributed by atoms with Crippen LogP contribution in [0.25, 0.3) is 0 Å². The lowest BCUT2D eigenvalue weighted by atomic mass is 9.91. The summed E-state index contributed by atoms with van der Waals surface area (Å²) < 4.78 is 5.41. The van der Waals surface area contributed by atoms with Gasteiger partial charge in [-0.2, -0.15) is 0 Å². The van der Waals surface area contributed by atoms with E-state index >= 15 is 0 Å². The van der Waals surface area contributed by atoms with Crippen molar-refractivity contribution in [3.63, 3.8) is 0 Å². The summed E-state index contributed by atoms with van der Waals surface area (Å²) in [5.74, 6) is 1.64. The third kappa shape index (κ3) is 5.02. The van der Waals surface area contributed by atoms with Gasteiger partial charge < -0.3 is 19.5 Å². The normalized spacial score (nSPS) is 19.7. The Kier molecular flexibility index (Phi) is 6.58. The topological polar surface area (TPSA) is 65.8 Å². The van der Waals surface area contributed by atoms with E-state index in [2.05, 4.69) is 5.32 Å². The second-order valence-corrected chi connectivity index (χ2v) is 7.59. The first-order valence-corrected chi connectivity index (χ1v) is 10.0. The van der Waals surface area contributed by atoms with E-state index in [0.717, 1.165) is 12.3 Å². The number of furan rings is 1. The number of nitrogens with zero attached hydrogens (tertiary/aromatic N) is 2. The van der Waals surface area contributed by atoms with Gasteiger partial charge in [0, 0.05) is 32.7 Å². The molecule has 1 N–H and O–H groups in total. The number of hydrogen-bond donors (Lipinski definition) is 1. The van der Waals surface area contributed by atoms with E-state index in [1.165, 1.54) is 44.9 Å². The van der Waals surface area contributed by atoms with Crippen LogP contribution in [0.5, 0.6) is 0 Å². The Labute approximate surface area is 155 Å². The van der Waals surface area contributed by atoms with E-state index in [-0.39, 0.29) is 11.9 Å². The number of carbonyl (C=O) groups excluding carboxylic acids is 2. The SMILES string of the molecule is Cc1ccc(C(=O)N2CCN(C(=O)NCC3CCCCCCC3)CC2)o1. The summed E-state index contributed by atoms with van der Waals surface area (Å²) in [4.78, 5) is 28.4. The maximum absolute atomic E-state index is 12.4. The molecule has 6 nitrogen and oxygen atoms in total. The molecule has 0 atom stereocenters. The minimum absolute atomic E-state index is 0.00741. The Hall–Kier alpha value is -1.98. The first-order valence-electron chi connectivity index (χ1n) is 10.0. The second kappa shape index (κ2) is 9.10. The molecule has 6 heteroatoms. The monoisotopic (exact) mass is 361 g/mol. The lowest BCUT2D eigenvalue weighted by Crippen LogP contribution is -2.53. The number of rotatable bonds is 3. The van der Waals surface area contributed by atoms with Crippen molar-refractivity contribution >= 4 is 11.9 Å². The van der Waals surface area contributed by atoms with Crippen LogP contribution in [0.3, 0.4) is 0 Å². The Morgan fingerprint density at radius 3 is 2.23 bits per heavy atom. The summed E-state index contributed by atoms with van der Waals surface area (Å²) in [7, 11) is 0. The summed E-state index contributed by atoms with van der Waals surface area (Å²) >= 11 is 0.